The number of aryl methyl sites for hydroxylation is 4. The Labute approximate surface area is 627 Å². The number of hydrogen-bond donors (Lipinski definition) is 0. The van der Waals surface area contributed by atoms with Crippen molar-refractivity contribution >= 4 is 35.8 Å². The Morgan fingerprint density at radius 1 is 0.425 bits per heavy atom. The Morgan fingerprint density at radius 2 is 0.755 bits per heavy atom. The minimum atomic E-state index is -0.587. The van der Waals surface area contributed by atoms with Crippen molar-refractivity contribution in [2.24, 2.45) is 11.8 Å². The molecule has 4 aromatic carbocycles. The van der Waals surface area contributed by atoms with Crippen molar-refractivity contribution in [1.29, 1.82) is 0 Å². The number of carbonyl (C=O) groups excluding carboxylic acids is 6. The molecule has 0 saturated carbocycles. The van der Waals surface area contributed by atoms with E-state index >= 15 is 8.78 Å². The smallest absolute Gasteiger partial charge is 0.333 e. The van der Waals surface area contributed by atoms with Gasteiger partial charge in [-0.15, -0.1) is 0 Å². The van der Waals surface area contributed by atoms with E-state index in [1.165, 1.54) is 89.2 Å². The van der Waals surface area contributed by atoms with Crippen molar-refractivity contribution in [3.05, 3.63) is 168 Å². The van der Waals surface area contributed by atoms with E-state index in [1.54, 1.807) is 64.5 Å². The number of hydrogen-bond acceptors (Lipinski definition) is 18. The van der Waals surface area contributed by atoms with Crippen molar-refractivity contribution in [2.45, 2.75) is 208 Å². The van der Waals surface area contributed by atoms with E-state index in [9.17, 15) is 28.8 Å². The topological polar surface area (TPSA) is 213 Å². The molecular formula is C86H114F2O18. The zero-order valence-electron chi connectivity index (χ0n) is 63.6. The Bertz CT molecular complexity index is 3410. The second kappa shape index (κ2) is 50.6. The number of ether oxygens (including phenoxy) is 12. The lowest BCUT2D eigenvalue weighted by Gasteiger charge is -2.21. The number of cyclic esters (lactones) is 2. The maximum atomic E-state index is 15.8. The zero-order valence-corrected chi connectivity index (χ0v) is 63.6. The van der Waals surface area contributed by atoms with Gasteiger partial charge in [-0.3, -0.25) is 9.59 Å². The molecule has 0 aliphatic carbocycles. The summed E-state index contributed by atoms with van der Waals surface area (Å²) in [6, 6.07) is 17.3. The number of esters is 6. The van der Waals surface area contributed by atoms with E-state index < -0.39 is 47.5 Å². The van der Waals surface area contributed by atoms with Crippen LogP contribution in [0.2, 0.25) is 0 Å². The normalized spacial score (nSPS) is 12.6. The van der Waals surface area contributed by atoms with Crippen LogP contribution in [0.3, 0.4) is 0 Å². The molecule has 0 aromatic heterocycles. The van der Waals surface area contributed by atoms with Crippen LogP contribution in [0, 0.1) is 23.5 Å². The first-order valence-electron chi connectivity index (χ1n) is 37.8. The monoisotopic (exact) mass is 1470 g/mol. The standard InChI is InChI=1S/C43H57FO10.C43H57FO8/c1-6-7-8-9-10-11-12-13-20-50-36-18-19-37(38(44)27-36)35-25-33(16-14-21-51-42(47)30(2)3)41(34(26-35)17-15-22-52-43(48)31(4)5)53-29-49-28-32-23-39(45)54-40(46)24-32;1-6-7-8-9-10-11-12-13-22-49-38-18-19-39(40(44)29-38)37-27-35(16-14-23-50-42(45)32(2)3)41(52-31-48-30-34-20-25-47-26-21-34)36(28-37)17-15-24-51-43(46)33(4)5/h18-19,25-27,32H,2,4,6-17,20-24,28-29H2,1,3,5H3;18-21,25-29,34H,2,4,6-17,22-24,30-31H2,1,3,5H3. The minimum Gasteiger partial charge on any atom is -0.493 e. The number of unbranched alkanes of at least 4 members (excludes halogenated alkanes) is 14. The van der Waals surface area contributed by atoms with Gasteiger partial charge in [-0.05, 0) is 186 Å². The lowest BCUT2D eigenvalue weighted by Crippen LogP contribution is -2.28. The summed E-state index contributed by atoms with van der Waals surface area (Å²) >= 11 is 0. The summed E-state index contributed by atoms with van der Waals surface area (Å²) in [5, 5.41) is 0. The molecule has 1 fully saturated rings. The van der Waals surface area contributed by atoms with E-state index in [0.717, 1.165) is 47.9 Å². The van der Waals surface area contributed by atoms with Gasteiger partial charge in [0.1, 0.15) is 34.6 Å². The molecule has 18 nitrogen and oxygen atoms in total. The lowest BCUT2D eigenvalue weighted by atomic mass is 9.94. The van der Waals surface area contributed by atoms with Gasteiger partial charge in [-0.1, -0.05) is 130 Å². The molecule has 106 heavy (non-hydrogen) atoms. The van der Waals surface area contributed by atoms with E-state index in [2.05, 4.69) is 44.9 Å². The molecule has 0 radical (unpaired) electrons. The minimum absolute atomic E-state index is 0.0209. The summed E-state index contributed by atoms with van der Waals surface area (Å²) in [6.45, 7) is 27.3. The highest BCUT2D eigenvalue weighted by atomic mass is 19.1. The quantitative estimate of drug-likeness (QED) is 0.0100. The van der Waals surface area contributed by atoms with Gasteiger partial charge in [-0.25, -0.2) is 28.0 Å². The number of halogens is 2. The first kappa shape index (κ1) is 87.8. The predicted molar refractivity (Wildman–Crippen MR) is 406 cm³/mol. The molecule has 580 valence electrons. The summed E-state index contributed by atoms with van der Waals surface area (Å²) < 4.78 is 98.5. The van der Waals surface area contributed by atoms with Crippen LogP contribution >= 0.6 is 0 Å². The Hall–Kier alpha value is -8.88. The molecular weight excluding hydrogens is 1360 g/mol. The van der Waals surface area contributed by atoms with Gasteiger partial charge in [0.25, 0.3) is 0 Å². The molecule has 2 heterocycles. The summed E-state index contributed by atoms with van der Waals surface area (Å²) in [5.74, 6) is -2.11. The van der Waals surface area contributed by atoms with Crippen molar-refractivity contribution in [3.63, 3.8) is 0 Å². The van der Waals surface area contributed by atoms with Gasteiger partial charge in [-0.2, -0.15) is 0 Å². The van der Waals surface area contributed by atoms with Crippen LogP contribution in [-0.2, 0) is 92.3 Å². The summed E-state index contributed by atoms with van der Waals surface area (Å²) in [4.78, 5) is 71.4. The highest BCUT2D eigenvalue weighted by Crippen LogP contribution is 2.38. The second-order valence-corrected chi connectivity index (χ2v) is 27.1. The van der Waals surface area contributed by atoms with Gasteiger partial charge < -0.3 is 56.8 Å². The first-order valence-corrected chi connectivity index (χ1v) is 37.8. The molecule has 4 aromatic rings. The van der Waals surface area contributed by atoms with E-state index in [1.807, 2.05) is 36.4 Å². The van der Waals surface area contributed by atoms with Gasteiger partial charge in [0, 0.05) is 57.4 Å². The average molecular weight is 1470 g/mol. The molecule has 2 aliphatic rings. The van der Waals surface area contributed by atoms with Crippen LogP contribution in [0.4, 0.5) is 8.78 Å². The number of carbonyl (C=O) groups is 6. The summed E-state index contributed by atoms with van der Waals surface area (Å²) in [6.07, 6.45) is 29.8. The van der Waals surface area contributed by atoms with E-state index in [0.29, 0.717) is 139 Å². The molecule has 0 bridgehead atoms. The van der Waals surface area contributed by atoms with E-state index in [-0.39, 0.29) is 71.3 Å². The zero-order chi connectivity index (χ0) is 76.9. The fourth-order valence-electron chi connectivity index (χ4n) is 11.6. The molecule has 20 heteroatoms. The van der Waals surface area contributed by atoms with Gasteiger partial charge in [0.2, 0.25) is 0 Å². The third-order valence-electron chi connectivity index (χ3n) is 17.4. The van der Waals surface area contributed by atoms with Crippen LogP contribution in [0.5, 0.6) is 23.0 Å². The SMILES string of the molecule is C=C(C)C(=O)OCCCc1cc(-c2ccc(OCCCCCCCCCC)cc2F)cc(CCCOC(=O)C(=C)C)c1OCOCC1C=COC=C1.C=C(C)C(=O)OCCCc1cc(-c2ccc(OCCCCCCCCCC)cc2F)cc(CCCOC(=O)C(=C)C)c1OCOCC1CC(=O)OC(=O)C1. The Morgan fingerprint density at radius 3 is 1.08 bits per heavy atom. The fourth-order valence-corrected chi connectivity index (χ4v) is 11.6. The molecule has 6 rings (SSSR count). The average Bonchev–Trinajstić information content (AvgIpc) is 0.802. The van der Waals surface area contributed by atoms with Crippen LogP contribution in [0.15, 0.2) is 134 Å². The van der Waals surface area contributed by atoms with Crippen LogP contribution in [0.1, 0.15) is 205 Å². The molecule has 0 amide bonds. The van der Waals surface area contributed by atoms with Crippen molar-refractivity contribution < 1.29 is 94.4 Å². The van der Waals surface area contributed by atoms with E-state index in [4.69, 9.17) is 52.1 Å². The largest absolute Gasteiger partial charge is 0.493 e. The second-order valence-electron chi connectivity index (χ2n) is 27.1. The molecule has 0 N–H and O–H groups in total. The lowest BCUT2D eigenvalue weighted by molar-refractivity contribution is -0.167. The highest BCUT2D eigenvalue weighted by molar-refractivity contribution is 5.89. The van der Waals surface area contributed by atoms with Crippen molar-refractivity contribution in [1.82, 2.24) is 0 Å². The molecule has 0 spiro atoms. The molecule has 1 saturated heterocycles. The van der Waals surface area contributed by atoms with Crippen LogP contribution in [0.25, 0.3) is 22.3 Å². The van der Waals surface area contributed by atoms with Gasteiger partial charge in [0.05, 0.1) is 78.2 Å². The molecule has 0 atom stereocenters. The maximum absolute atomic E-state index is 15.8. The third kappa shape index (κ3) is 34.1. The number of rotatable bonds is 52. The predicted octanol–water partition coefficient (Wildman–Crippen LogP) is 19.1. The number of benzene rings is 4. The Balaban J connectivity index is 0.000000381. The molecule has 0 unspecified atom stereocenters. The fraction of sp³-hybridized carbons (Fsp3) is 0.512. The van der Waals surface area contributed by atoms with Crippen molar-refractivity contribution in [3.8, 4) is 45.3 Å². The summed E-state index contributed by atoms with van der Waals surface area (Å²) in [7, 11) is 0. The van der Waals surface area contributed by atoms with Gasteiger partial charge >= 0.3 is 35.8 Å². The Kier molecular flexibility index (Phi) is 41.9. The highest BCUT2D eigenvalue weighted by Gasteiger charge is 2.28. The van der Waals surface area contributed by atoms with Crippen LogP contribution < -0.4 is 18.9 Å². The van der Waals surface area contributed by atoms with Crippen LogP contribution in [-0.4, -0.2) is 102 Å². The summed E-state index contributed by atoms with van der Waals surface area (Å²) in [5.41, 5.74) is 6.37. The van der Waals surface area contributed by atoms with Gasteiger partial charge in [0.15, 0.2) is 13.6 Å². The maximum Gasteiger partial charge on any atom is 0.333 e. The first-order chi connectivity index (χ1) is 51.2. The van der Waals surface area contributed by atoms with Crippen molar-refractivity contribution in [2.75, 3.05) is 66.4 Å². The molecule has 2 aliphatic heterocycles. The third-order valence-corrected chi connectivity index (χ3v) is 17.4.